The lowest BCUT2D eigenvalue weighted by molar-refractivity contribution is -0.151. The van der Waals surface area contributed by atoms with Crippen LogP contribution in [-0.2, 0) is 14.3 Å². The molecule has 0 amide bonds. The van der Waals surface area contributed by atoms with Crippen molar-refractivity contribution in [3.8, 4) is 0 Å². The molecular weight excluding hydrogens is 328 g/mol. The maximum atomic E-state index is 12.1. The molecule has 1 saturated heterocycles. The van der Waals surface area contributed by atoms with Gasteiger partial charge >= 0.3 is 5.97 Å². The number of cyclic esters (lactones) is 1. The second kappa shape index (κ2) is 6.71. The van der Waals surface area contributed by atoms with Gasteiger partial charge < -0.3 is 9.53 Å². The molecule has 0 bridgehead atoms. The van der Waals surface area contributed by atoms with Gasteiger partial charge in [-0.3, -0.25) is 4.79 Å². The lowest BCUT2D eigenvalue weighted by Crippen LogP contribution is -2.38. The van der Waals surface area contributed by atoms with Gasteiger partial charge in [0.05, 0.1) is 13.5 Å². The molecule has 0 radical (unpaired) electrons. The van der Waals surface area contributed by atoms with Crippen LogP contribution in [0.5, 0.6) is 0 Å². The van der Waals surface area contributed by atoms with E-state index in [9.17, 15) is 9.59 Å². The number of hydrogen-bond donors (Lipinski definition) is 0. The Balaban J connectivity index is 2.33. The minimum Gasteiger partial charge on any atom is -0.461 e. The van der Waals surface area contributed by atoms with Gasteiger partial charge in [-0.05, 0) is 25.3 Å². The summed E-state index contributed by atoms with van der Waals surface area (Å²) in [6.45, 7) is 15.1. The van der Waals surface area contributed by atoms with Crippen LogP contribution < -0.4 is 5.19 Å². The van der Waals surface area contributed by atoms with Gasteiger partial charge in [-0.1, -0.05) is 62.9 Å². The molecule has 0 aromatic heterocycles. The predicted octanol–water partition coefficient (Wildman–Crippen LogP) is 4.27. The molecule has 1 unspecified atom stereocenters. The third-order valence-electron chi connectivity index (χ3n) is 5.74. The van der Waals surface area contributed by atoms with Crippen molar-refractivity contribution in [1.82, 2.24) is 0 Å². The van der Waals surface area contributed by atoms with E-state index in [2.05, 4.69) is 57.8 Å². The first-order chi connectivity index (χ1) is 11.4. The highest BCUT2D eigenvalue weighted by atomic mass is 28.3. The molecular formula is C21H32O3Si. The zero-order valence-electron chi connectivity index (χ0n) is 16.7. The van der Waals surface area contributed by atoms with Crippen molar-refractivity contribution >= 4 is 25.5 Å². The monoisotopic (exact) mass is 360 g/mol. The summed E-state index contributed by atoms with van der Waals surface area (Å²) in [5.41, 5.74) is 0.403. The average Bonchev–Trinajstić information content (AvgIpc) is 2.78. The molecule has 3 nitrogen and oxygen atoms in total. The zero-order chi connectivity index (χ0) is 19.0. The van der Waals surface area contributed by atoms with Crippen LogP contribution in [0, 0.1) is 10.8 Å². The Morgan fingerprint density at radius 1 is 1.24 bits per heavy atom. The van der Waals surface area contributed by atoms with Crippen molar-refractivity contribution in [1.29, 1.82) is 0 Å². The minimum absolute atomic E-state index is 0.0346. The number of carbonyl (C=O) groups is 2. The van der Waals surface area contributed by atoms with Gasteiger partial charge in [0, 0.05) is 18.3 Å². The fourth-order valence-electron chi connectivity index (χ4n) is 3.70. The molecule has 1 heterocycles. The van der Waals surface area contributed by atoms with E-state index in [1.165, 1.54) is 5.19 Å². The second-order valence-electron chi connectivity index (χ2n) is 9.63. The van der Waals surface area contributed by atoms with Crippen molar-refractivity contribution in [2.45, 2.75) is 72.2 Å². The first kappa shape index (κ1) is 19.9. The smallest absolute Gasteiger partial charge is 0.311 e. The molecule has 138 valence electrons. The standard InChI is InChI=1S/C21H32O3Si/c1-20(2)14-18(24-19(20)23)21(3,4)17(12-13-22)15-8-10-16(11-9-15)25(5,6)7/h8-11,13,17-18H,12,14H2,1-7H3/t17-,18?/m1/s1. The summed E-state index contributed by atoms with van der Waals surface area (Å²) < 4.78 is 5.72. The molecule has 1 aliphatic rings. The largest absolute Gasteiger partial charge is 0.461 e. The normalized spacial score (nSPS) is 21.7. The Labute approximate surface area is 153 Å². The minimum atomic E-state index is -1.35. The van der Waals surface area contributed by atoms with Gasteiger partial charge in [-0.25, -0.2) is 0 Å². The number of rotatable bonds is 6. The van der Waals surface area contributed by atoms with E-state index >= 15 is 0 Å². The van der Waals surface area contributed by atoms with Crippen LogP contribution in [0.4, 0.5) is 0 Å². The van der Waals surface area contributed by atoms with Crippen molar-refractivity contribution in [2.24, 2.45) is 10.8 Å². The molecule has 1 fully saturated rings. The van der Waals surface area contributed by atoms with Gasteiger partial charge in [0.1, 0.15) is 12.4 Å². The summed E-state index contributed by atoms with van der Waals surface area (Å²) in [7, 11) is -1.35. The Hall–Kier alpha value is -1.42. The van der Waals surface area contributed by atoms with Crippen molar-refractivity contribution in [3.63, 3.8) is 0 Å². The molecule has 2 atom stereocenters. The molecule has 25 heavy (non-hydrogen) atoms. The predicted molar refractivity (Wildman–Crippen MR) is 105 cm³/mol. The van der Waals surface area contributed by atoms with Crippen LogP contribution >= 0.6 is 0 Å². The van der Waals surface area contributed by atoms with E-state index in [4.69, 9.17) is 4.74 Å². The van der Waals surface area contributed by atoms with Gasteiger partial charge in [0.15, 0.2) is 0 Å². The molecule has 0 saturated carbocycles. The molecule has 1 aliphatic heterocycles. The molecule has 0 aliphatic carbocycles. The number of esters is 1. The highest BCUT2D eigenvalue weighted by Gasteiger charge is 2.50. The van der Waals surface area contributed by atoms with E-state index in [-0.39, 0.29) is 23.4 Å². The zero-order valence-corrected chi connectivity index (χ0v) is 17.7. The Bertz CT molecular complexity index is 638. The molecule has 0 spiro atoms. The lowest BCUT2D eigenvalue weighted by atomic mass is 9.67. The molecule has 1 aromatic rings. The number of benzene rings is 1. The summed E-state index contributed by atoms with van der Waals surface area (Å²) in [6.07, 6.45) is 1.95. The average molecular weight is 361 g/mol. The van der Waals surface area contributed by atoms with E-state index < -0.39 is 13.5 Å². The Morgan fingerprint density at radius 2 is 1.80 bits per heavy atom. The van der Waals surface area contributed by atoms with Crippen molar-refractivity contribution in [3.05, 3.63) is 29.8 Å². The van der Waals surface area contributed by atoms with Crippen LogP contribution in [0.1, 0.15) is 52.0 Å². The van der Waals surface area contributed by atoms with E-state index in [1.54, 1.807) is 0 Å². The maximum absolute atomic E-state index is 12.1. The van der Waals surface area contributed by atoms with Crippen LogP contribution in [0.3, 0.4) is 0 Å². The summed E-state index contributed by atoms with van der Waals surface area (Å²) in [6, 6.07) is 8.73. The highest BCUT2D eigenvalue weighted by molar-refractivity contribution is 6.88. The van der Waals surface area contributed by atoms with Crippen LogP contribution in [0.2, 0.25) is 19.6 Å². The van der Waals surface area contributed by atoms with E-state index in [0.717, 1.165) is 11.8 Å². The first-order valence-electron chi connectivity index (χ1n) is 9.15. The van der Waals surface area contributed by atoms with Crippen LogP contribution in [0.15, 0.2) is 24.3 Å². The topological polar surface area (TPSA) is 43.4 Å². The highest BCUT2D eigenvalue weighted by Crippen LogP contribution is 2.48. The lowest BCUT2D eigenvalue weighted by Gasteiger charge is -2.38. The Kier molecular flexibility index (Phi) is 5.34. The van der Waals surface area contributed by atoms with Crippen LogP contribution in [-0.4, -0.2) is 26.4 Å². The molecule has 2 rings (SSSR count). The van der Waals surface area contributed by atoms with Crippen molar-refractivity contribution < 1.29 is 14.3 Å². The fourth-order valence-corrected chi connectivity index (χ4v) is 4.86. The third-order valence-corrected chi connectivity index (χ3v) is 7.80. The van der Waals surface area contributed by atoms with E-state index in [0.29, 0.717) is 12.8 Å². The van der Waals surface area contributed by atoms with Gasteiger partial charge in [-0.15, -0.1) is 0 Å². The summed E-state index contributed by atoms with van der Waals surface area (Å²) in [5, 5.41) is 1.41. The second-order valence-corrected chi connectivity index (χ2v) is 14.7. The number of aldehydes is 1. The van der Waals surface area contributed by atoms with Gasteiger partial charge in [0.2, 0.25) is 0 Å². The van der Waals surface area contributed by atoms with Gasteiger partial charge in [0.25, 0.3) is 0 Å². The summed E-state index contributed by atoms with van der Waals surface area (Å²) in [5.74, 6) is -0.100. The Morgan fingerprint density at radius 3 is 2.20 bits per heavy atom. The van der Waals surface area contributed by atoms with Crippen LogP contribution in [0.25, 0.3) is 0 Å². The fraction of sp³-hybridized carbons (Fsp3) is 0.619. The molecule has 0 N–H and O–H groups in total. The summed E-state index contributed by atoms with van der Waals surface area (Å²) >= 11 is 0. The molecule has 4 heteroatoms. The van der Waals surface area contributed by atoms with Crippen molar-refractivity contribution in [2.75, 3.05) is 0 Å². The third kappa shape index (κ3) is 4.05. The number of ether oxygens (including phenoxy) is 1. The number of carbonyl (C=O) groups excluding carboxylic acids is 2. The van der Waals surface area contributed by atoms with E-state index in [1.807, 2.05) is 13.8 Å². The quantitative estimate of drug-likeness (QED) is 0.432. The number of hydrogen-bond acceptors (Lipinski definition) is 3. The van der Waals surface area contributed by atoms with Gasteiger partial charge in [-0.2, -0.15) is 0 Å². The summed E-state index contributed by atoms with van der Waals surface area (Å²) in [4.78, 5) is 23.5. The molecule has 1 aromatic carbocycles. The maximum Gasteiger partial charge on any atom is 0.311 e. The SMILES string of the molecule is CC1(C)CC(C(C)(C)[C@H](CC=O)c2ccc([Si](C)(C)C)cc2)OC1=O. The first-order valence-corrected chi connectivity index (χ1v) is 12.6.